The van der Waals surface area contributed by atoms with Gasteiger partial charge in [0.1, 0.15) is 5.75 Å². The predicted molar refractivity (Wildman–Crippen MR) is 79.0 cm³/mol. The number of alkyl halides is 3. The summed E-state index contributed by atoms with van der Waals surface area (Å²) in [6.45, 7) is 0. The molecule has 3 nitrogen and oxygen atoms in total. The molecule has 6 heteroatoms. The van der Waals surface area contributed by atoms with Crippen molar-refractivity contribution in [3.63, 3.8) is 0 Å². The summed E-state index contributed by atoms with van der Waals surface area (Å²) < 4.78 is 37.6. The molecule has 2 unspecified atom stereocenters. The van der Waals surface area contributed by atoms with Crippen LogP contribution in [0.1, 0.15) is 23.5 Å². The molecule has 1 aliphatic rings. The van der Waals surface area contributed by atoms with Crippen molar-refractivity contribution >= 4 is 11.6 Å². The molecule has 1 aliphatic carbocycles. The number of aromatic hydroxyl groups is 1. The highest BCUT2D eigenvalue weighted by molar-refractivity contribution is 5.96. The molecule has 0 saturated heterocycles. The van der Waals surface area contributed by atoms with E-state index in [2.05, 4.69) is 5.32 Å². The molecule has 0 bridgehead atoms. The molecule has 2 aromatic rings. The van der Waals surface area contributed by atoms with Crippen molar-refractivity contribution in [3.05, 3.63) is 59.7 Å². The van der Waals surface area contributed by atoms with E-state index in [9.17, 15) is 23.1 Å². The zero-order valence-corrected chi connectivity index (χ0v) is 12.0. The van der Waals surface area contributed by atoms with E-state index in [1.807, 2.05) is 0 Å². The molecule has 23 heavy (non-hydrogen) atoms. The number of halogens is 3. The summed E-state index contributed by atoms with van der Waals surface area (Å²) in [4.78, 5) is 12.1. The van der Waals surface area contributed by atoms with Gasteiger partial charge in [0.25, 0.3) is 0 Å². The molecule has 0 aliphatic heterocycles. The maximum Gasteiger partial charge on any atom is 0.416 e. The van der Waals surface area contributed by atoms with Gasteiger partial charge in [0.05, 0.1) is 11.3 Å². The van der Waals surface area contributed by atoms with Crippen LogP contribution in [0, 0.1) is 5.92 Å². The third kappa shape index (κ3) is 3.31. The van der Waals surface area contributed by atoms with Gasteiger partial charge in [0.2, 0.25) is 5.91 Å². The Kier molecular flexibility index (Phi) is 3.75. The van der Waals surface area contributed by atoms with Crippen LogP contribution in [-0.2, 0) is 11.0 Å². The summed E-state index contributed by atoms with van der Waals surface area (Å²) in [7, 11) is 0. The number of hydrogen-bond donors (Lipinski definition) is 2. The fraction of sp³-hybridized carbons (Fsp3) is 0.235. The Morgan fingerprint density at radius 1 is 1.09 bits per heavy atom. The smallest absolute Gasteiger partial charge is 0.416 e. The lowest BCUT2D eigenvalue weighted by atomic mass is 10.1. The Morgan fingerprint density at radius 3 is 2.35 bits per heavy atom. The lowest BCUT2D eigenvalue weighted by Gasteiger charge is -2.08. The molecule has 3 rings (SSSR count). The molecule has 0 aromatic heterocycles. The average molecular weight is 321 g/mol. The Hall–Kier alpha value is -2.50. The normalized spacial score (nSPS) is 20.1. The standard InChI is InChI=1S/C17H14F3NO2/c18-17(19,20)11-7-5-10(6-8-11)12-9-13(12)16(23)21-14-3-1-2-4-15(14)22/h1-8,12-13,22H,9H2,(H,21,23). The van der Waals surface area contributed by atoms with Crippen LogP contribution in [-0.4, -0.2) is 11.0 Å². The minimum Gasteiger partial charge on any atom is -0.506 e. The Labute approximate surface area is 130 Å². The van der Waals surface area contributed by atoms with Crippen molar-refractivity contribution < 1.29 is 23.1 Å². The largest absolute Gasteiger partial charge is 0.506 e. The highest BCUT2D eigenvalue weighted by Crippen LogP contribution is 2.48. The van der Waals surface area contributed by atoms with Gasteiger partial charge < -0.3 is 10.4 Å². The van der Waals surface area contributed by atoms with Crippen LogP contribution in [0.15, 0.2) is 48.5 Å². The van der Waals surface area contributed by atoms with Gasteiger partial charge in [0, 0.05) is 5.92 Å². The maximum atomic E-state index is 12.5. The topological polar surface area (TPSA) is 49.3 Å². The summed E-state index contributed by atoms with van der Waals surface area (Å²) in [5.74, 6) is -0.626. The van der Waals surface area contributed by atoms with Crippen LogP contribution < -0.4 is 5.32 Å². The van der Waals surface area contributed by atoms with E-state index >= 15 is 0 Å². The zero-order valence-electron chi connectivity index (χ0n) is 12.0. The van der Waals surface area contributed by atoms with Crippen molar-refractivity contribution in [2.45, 2.75) is 18.5 Å². The van der Waals surface area contributed by atoms with E-state index in [1.165, 1.54) is 18.2 Å². The van der Waals surface area contributed by atoms with Gasteiger partial charge in [-0.05, 0) is 42.2 Å². The first-order chi connectivity index (χ1) is 10.9. The highest BCUT2D eigenvalue weighted by Gasteiger charge is 2.44. The second-order valence-electron chi connectivity index (χ2n) is 5.57. The van der Waals surface area contributed by atoms with Gasteiger partial charge in [-0.1, -0.05) is 24.3 Å². The first-order valence-electron chi connectivity index (χ1n) is 7.12. The molecule has 0 radical (unpaired) electrons. The van der Waals surface area contributed by atoms with Crippen LogP contribution in [0.4, 0.5) is 18.9 Å². The summed E-state index contributed by atoms with van der Waals surface area (Å²) in [6.07, 6.45) is -3.77. The van der Waals surface area contributed by atoms with E-state index in [0.29, 0.717) is 12.1 Å². The number of carbonyl (C=O) groups is 1. The molecule has 2 aromatic carbocycles. The number of rotatable bonds is 3. The van der Waals surface area contributed by atoms with Gasteiger partial charge in [0.15, 0.2) is 0 Å². The Balaban J connectivity index is 1.65. The third-order valence-electron chi connectivity index (χ3n) is 3.96. The summed E-state index contributed by atoms with van der Waals surface area (Å²) in [5, 5.41) is 12.3. The van der Waals surface area contributed by atoms with Gasteiger partial charge in [-0.15, -0.1) is 0 Å². The lowest BCUT2D eigenvalue weighted by molar-refractivity contribution is -0.137. The average Bonchev–Trinajstić information content (AvgIpc) is 3.29. The number of anilines is 1. The SMILES string of the molecule is O=C(Nc1ccccc1O)C1CC1c1ccc(C(F)(F)F)cc1. The quantitative estimate of drug-likeness (QED) is 0.834. The zero-order chi connectivity index (χ0) is 16.6. The maximum absolute atomic E-state index is 12.5. The number of phenolic OH excluding ortho intramolecular Hbond substituents is 1. The number of carbonyl (C=O) groups excluding carboxylic acids is 1. The van der Waals surface area contributed by atoms with Crippen LogP contribution in [0.25, 0.3) is 0 Å². The molecule has 0 heterocycles. The van der Waals surface area contributed by atoms with E-state index < -0.39 is 11.7 Å². The third-order valence-corrected chi connectivity index (χ3v) is 3.96. The molecule has 120 valence electrons. The highest BCUT2D eigenvalue weighted by atomic mass is 19.4. The molecule has 2 N–H and O–H groups in total. The van der Waals surface area contributed by atoms with E-state index in [1.54, 1.807) is 18.2 Å². The van der Waals surface area contributed by atoms with Crippen molar-refractivity contribution in [1.29, 1.82) is 0 Å². The summed E-state index contributed by atoms with van der Waals surface area (Å²) in [5.41, 5.74) is 0.350. The van der Waals surface area contributed by atoms with Gasteiger partial charge >= 0.3 is 6.18 Å². The molecular weight excluding hydrogens is 307 g/mol. The van der Waals surface area contributed by atoms with Crippen molar-refractivity contribution in [1.82, 2.24) is 0 Å². The number of amides is 1. The van der Waals surface area contributed by atoms with Gasteiger partial charge in [-0.3, -0.25) is 4.79 Å². The van der Waals surface area contributed by atoms with Crippen LogP contribution in [0.3, 0.4) is 0 Å². The summed E-state index contributed by atoms with van der Waals surface area (Å²) >= 11 is 0. The number of phenols is 1. The monoisotopic (exact) mass is 321 g/mol. The van der Waals surface area contributed by atoms with Crippen LogP contribution >= 0.6 is 0 Å². The fourth-order valence-electron chi connectivity index (χ4n) is 2.58. The predicted octanol–water partition coefficient (Wildman–Crippen LogP) is 4.15. The van der Waals surface area contributed by atoms with Gasteiger partial charge in [-0.25, -0.2) is 0 Å². The van der Waals surface area contributed by atoms with E-state index in [-0.39, 0.29) is 23.5 Å². The Bertz CT molecular complexity index is 725. The van der Waals surface area contributed by atoms with Crippen LogP contribution in [0.2, 0.25) is 0 Å². The van der Waals surface area contributed by atoms with E-state index in [0.717, 1.165) is 17.7 Å². The molecule has 0 spiro atoms. The Morgan fingerprint density at radius 2 is 1.74 bits per heavy atom. The first-order valence-corrected chi connectivity index (χ1v) is 7.12. The minimum absolute atomic E-state index is 0.0208. The second kappa shape index (κ2) is 5.61. The minimum atomic E-state index is -4.36. The first kappa shape index (κ1) is 15.4. The number of para-hydroxylation sites is 2. The van der Waals surface area contributed by atoms with Gasteiger partial charge in [-0.2, -0.15) is 13.2 Å². The fourth-order valence-corrected chi connectivity index (χ4v) is 2.58. The molecule has 1 fully saturated rings. The summed E-state index contributed by atoms with van der Waals surface area (Å²) in [6, 6.07) is 11.3. The van der Waals surface area contributed by atoms with Crippen molar-refractivity contribution in [2.75, 3.05) is 5.32 Å². The molecular formula is C17H14F3NO2. The number of nitrogens with one attached hydrogen (secondary N) is 1. The lowest BCUT2D eigenvalue weighted by Crippen LogP contribution is -2.14. The molecule has 1 amide bonds. The molecule has 1 saturated carbocycles. The van der Waals surface area contributed by atoms with Crippen LogP contribution in [0.5, 0.6) is 5.75 Å². The van der Waals surface area contributed by atoms with E-state index in [4.69, 9.17) is 0 Å². The van der Waals surface area contributed by atoms with Crippen molar-refractivity contribution in [2.24, 2.45) is 5.92 Å². The second-order valence-corrected chi connectivity index (χ2v) is 5.57. The van der Waals surface area contributed by atoms with Crippen molar-refractivity contribution in [3.8, 4) is 5.75 Å². The number of hydrogen-bond acceptors (Lipinski definition) is 2. The number of benzene rings is 2. The molecule has 2 atom stereocenters.